The van der Waals surface area contributed by atoms with E-state index in [4.69, 9.17) is 5.73 Å². The van der Waals surface area contributed by atoms with Gasteiger partial charge in [-0.3, -0.25) is 9.59 Å². The number of carbonyl (C=O) groups excluding carboxylic acids is 2. The Kier molecular flexibility index (Phi) is 5.79. The number of rotatable bonds is 5. The fourth-order valence-electron chi connectivity index (χ4n) is 3.66. The van der Waals surface area contributed by atoms with Gasteiger partial charge in [0.25, 0.3) is 5.91 Å². The molecule has 1 fully saturated rings. The summed E-state index contributed by atoms with van der Waals surface area (Å²) in [5.74, 6) is -0.355. The number of nitrogens with one attached hydrogen (secondary N) is 1. The molecule has 3 rings (SSSR count). The summed E-state index contributed by atoms with van der Waals surface area (Å²) in [5.41, 5.74) is 10.4. The van der Waals surface area contributed by atoms with Gasteiger partial charge in [0.2, 0.25) is 5.91 Å². The SMILES string of the molecule is Cc1cc(C)cc(C(=O)NCc2ccc(N3CCC[C@@H](C(N)=O)C3)cc2)c1. The van der Waals surface area contributed by atoms with Gasteiger partial charge < -0.3 is 16.0 Å². The molecule has 0 spiro atoms. The molecule has 142 valence electrons. The molecule has 3 N–H and O–H groups in total. The number of anilines is 1. The first-order chi connectivity index (χ1) is 12.9. The summed E-state index contributed by atoms with van der Waals surface area (Å²) in [6.07, 6.45) is 1.84. The number of carbonyl (C=O) groups is 2. The van der Waals surface area contributed by atoms with E-state index in [1.54, 1.807) is 0 Å². The smallest absolute Gasteiger partial charge is 0.251 e. The van der Waals surface area contributed by atoms with Gasteiger partial charge in [0.05, 0.1) is 5.92 Å². The monoisotopic (exact) mass is 365 g/mol. The van der Waals surface area contributed by atoms with Crippen molar-refractivity contribution in [3.8, 4) is 0 Å². The Bertz CT molecular complexity index is 810. The molecule has 2 aromatic rings. The van der Waals surface area contributed by atoms with Gasteiger partial charge in [0.1, 0.15) is 0 Å². The second kappa shape index (κ2) is 8.25. The number of hydrogen-bond donors (Lipinski definition) is 2. The molecule has 2 amide bonds. The third-order valence-corrected chi connectivity index (χ3v) is 5.06. The average molecular weight is 365 g/mol. The van der Waals surface area contributed by atoms with Gasteiger partial charge in [-0.2, -0.15) is 0 Å². The van der Waals surface area contributed by atoms with Crippen LogP contribution >= 0.6 is 0 Å². The average Bonchev–Trinajstić information content (AvgIpc) is 2.66. The van der Waals surface area contributed by atoms with E-state index in [1.165, 1.54) is 0 Å². The maximum Gasteiger partial charge on any atom is 0.251 e. The summed E-state index contributed by atoms with van der Waals surface area (Å²) < 4.78 is 0. The van der Waals surface area contributed by atoms with Gasteiger partial charge in [-0.25, -0.2) is 0 Å². The second-order valence-electron chi connectivity index (χ2n) is 7.41. The highest BCUT2D eigenvalue weighted by molar-refractivity contribution is 5.94. The van der Waals surface area contributed by atoms with Crippen LogP contribution in [0.1, 0.15) is 39.9 Å². The summed E-state index contributed by atoms with van der Waals surface area (Å²) >= 11 is 0. The van der Waals surface area contributed by atoms with Crippen LogP contribution in [0.4, 0.5) is 5.69 Å². The van der Waals surface area contributed by atoms with Crippen molar-refractivity contribution in [2.45, 2.75) is 33.2 Å². The van der Waals surface area contributed by atoms with Gasteiger partial charge in [-0.1, -0.05) is 29.3 Å². The topological polar surface area (TPSA) is 75.4 Å². The predicted octanol–water partition coefficient (Wildman–Crippen LogP) is 2.94. The molecule has 1 aliphatic rings. The molecule has 0 bridgehead atoms. The number of aryl methyl sites for hydroxylation is 2. The normalized spacial score (nSPS) is 16.8. The maximum atomic E-state index is 12.4. The van der Waals surface area contributed by atoms with Crippen LogP contribution in [0.5, 0.6) is 0 Å². The lowest BCUT2D eigenvalue weighted by atomic mass is 9.97. The van der Waals surface area contributed by atoms with Crippen LogP contribution in [-0.2, 0) is 11.3 Å². The van der Waals surface area contributed by atoms with Crippen LogP contribution in [0.2, 0.25) is 0 Å². The van der Waals surface area contributed by atoms with Crippen LogP contribution in [0, 0.1) is 19.8 Å². The molecule has 0 aliphatic carbocycles. The van der Waals surface area contributed by atoms with E-state index in [9.17, 15) is 9.59 Å². The number of hydrogen-bond acceptors (Lipinski definition) is 3. The van der Waals surface area contributed by atoms with E-state index in [1.807, 2.05) is 50.2 Å². The molecule has 1 heterocycles. The Morgan fingerprint density at radius 2 is 1.78 bits per heavy atom. The molecule has 1 saturated heterocycles. The van der Waals surface area contributed by atoms with E-state index in [0.717, 1.165) is 41.8 Å². The third-order valence-electron chi connectivity index (χ3n) is 5.06. The van der Waals surface area contributed by atoms with Crippen molar-refractivity contribution in [3.63, 3.8) is 0 Å². The molecule has 0 saturated carbocycles. The molecule has 0 aromatic heterocycles. The Hall–Kier alpha value is -2.82. The first-order valence-electron chi connectivity index (χ1n) is 9.42. The lowest BCUT2D eigenvalue weighted by Gasteiger charge is -2.33. The number of nitrogens with zero attached hydrogens (tertiary/aromatic N) is 1. The molecule has 5 nitrogen and oxygen atoms in total. The second-order valence-corrected chi connectivity index (χ2v) is 7.41. The van der Waals surface area contributed by atoms with Crippen molar-refractivity contribution >= 4 is 17.5 Å². The number of piperidine rings is 1. The van der Waals surface area contributed by atoms with Crippen LogP contribution in [-0.4, -0.2) is 24.9 Å². The molecule has 1 atom stereocenters. The van der Waals surface area contributed by atoms with Crippen LogP contribution < -0.4 is 16.0 Å². The first-order valence-corrected chi connectivity index (χ1v) is 9.42. The predicted molar refractivity (Wildman–Crippen MR) is 108 cm³/mol. The fourth-order valence-corrected chi connectivity index (χ4v) is 3.66. The standard InChI is InChI=1S/C22H27N3O2/c1-15-10-16(2)12-19(11-15)22(27)24-13-17-5-7-20(8-6-17)25-9-3-4-18(14-25)21(23)26/h5-8,10-12,18H,3-4,9,13-14H2,1-2H3,(H2,23,26)(H,24,27)/t18-/m1/s1. The summed E-state index contributed by atoms with van der Waals surface area (Å²) in [6, 6.07) is 14.0. The Labute approximate surface area is 160 Å². The van der Waals surface area contributed by atoms with Gasteiger partial charge in [0, 0.05) is 30.9 Å². The van der Waals surface area contributed by atoms with Crippen molar-refractivity contribution in [2.24, 2.45) is 11.7 Å². The summed E-state index contributed by atoms with van der Waals surface area (Å²) in [6.45, 7) is 6.08. The molecular formula is C22H27N3O2. The minimum absolute atomic E-state index is 0.0637. The zero-order valence-electron chi connectivity index (χ0n) is 16.0. The van der Waals surface area contributed by atoms with Crippen molar-refractivity contribution in [3.05, 3.63) is 64.7 Å². The van der Waals surface area contributed by atoms with E-state index < -0.39 is 0 Å². The maximum absolute atomic E-state index is 12.4. The molecule has 0 radical (unpaired) electrons. The Balaban J connectivity index is 1.59. The number of benzene rings is 2. The quantitative estimate of drug-likeness (QED) is 0.855. The minimum Gasteiger partial charge on any atom is -0.371 e. The van der Waals surface area contributed by atoms with Crippen LogP contribution in [0.25, 0.3) is 0 Å². The molecular weight excluding hydrogens is 338 g/mol. The number of primary amides is 1. The van der Waals surface area contributed by atoms with E-state index in [0.29, 0.717) is 18.7 Å². The lowest BCUT2D eigenvalue weighted by Crippen LogP contribution is -2.41. The highest BCUT2D eigenvalue weighted by Gasteiger charge is 2.24. The highest BCUT2D eigenvalue weighted by atomic mass is 16.2. The van der Waals surface area contributed by atoms with Crippen molar-refractivity contribution in [1.82, 2.24) is 5.32 Å². The third kappa shape index (κ3) is 4.88. The number of nitrogens with two attached hydrogens (primary N) is 1. The van der Waals surface area contributed by atoms with Crippen molar-refractivity contribution in [1.29, 1.82) is 0 Å². The lowest BCUT2D eigenvalue weighted by molar-refractivity contribution is -0.122. The Morgan fingerprint density at radius 3 is 2.41 bits per heavy atom. The molecule has 27 heavy (non-hydrogen) atoms. The molecule has 1 aliphatic heterocycles. The molecule has 0 unspecified atom stereocenters. The highest BCUT2D eigenvalue weighted by Crippen LogP contribution is 2.23. The van der Waals surface area contributed by atoms with E-state index >= 15 is 0 Å². The summed E-state index contributed by atoms with van der Waals surface area (Å²) in [5, 5.41) is 2.98. The van der Waals surface area contributed by atoms with E-state index in [-0.39, 0.29) is 17.7 Å². The largest absolute Gasteiger partial charge is 0.371 e. The minimum atomic E-state index is -0.217. The summed E-state index contributed by atoms with van der Waals surface area (Å²) in [4.78, 5) is 26.0. The zero-order chi connectivity index (χ0) is 19.4. The van der Waals surface area contributed by atoms with Crippen LogP contribution in [0.15, 0.2) is 42.5 Å². The van der Waals surface area contributed by atoms with Gasteiger partial charge in [-0.15, -0.1) is 0 Å². The molecule has 2 aromatic carbocycles. The zero-order valence-corrected chi connectivity index (χ0v) is 16.0. The molecule has 5 heteroatoms. The van der Waals surface area contributed by atoms with Crippen molar-refractivity contribution < 1.29 is 9.59 Å². The number of amides is 2. The first kappa shape index (κ1) is 19.0. The van der Waals surface area contributed by atoms with Gasteiger partial charge >= 0.3 is 0 Å². The van der Waals surface area contributed by atoms with Crippen LogP contribution in [0.3, 0.4) is 0 Å². The van der Waals surface area contributed by atoms with E-state index in [2.05, 4.69) is 16.3 Å². The fraction of sp³-hybridized carbons (Fsp3) is 0.364. The van der Waals surface area contributed by atoms with Gasteiger partial charge in [-0.05, 0) is 56.5 Å². The van der Waals surface area contributed by atoms with Crippen molar-refractivity contribution in [2.75, 3.05) is 18.0 Å². The van der Waals surface area contributed by atoms with Gasteiger partial charge in [0.15, 0.2) is 0 Å². The summed E-state index contributed by atoms with van der Waals surface area (Å²) in [7, 11) is 0. The Morgan fingerprint density at radius 1 is 1.11 bits per heavy atom.